The molecule has 0 amide bonds. The van der Waals surface area contributed by atoms with E-state index < -0.39 is 0 Å². The molecule has 0 saturated heterocycles. The van der Waals surface area contributed by atoms with Crippen molar-refractivity contribution in [1.29, 1.82) is 0 Å². The lowest BCUT2D eigenvalue weighted by atomic mass is 10.1. The molecule has 0 heterocycles. The fourth-order valence-electron chi connectivity index (χ4n) is 0.427. The number of rotatable bonds is 4. The first-order chi connectivity index (χ1) is 3.81. The third-order valence-electron chi connectivity index (χ3n) is 1.00. The normalized spacial score (nSPS) is 12.6. The second kappa shape index (κ2) is 4.57. The summed E-state index contributed by atoms with van der Waals surface area (Å²) in [7, 11) is 0. The highest BCUT2D eigenvalue weighted by Crippen LogP contribution is 2.00. The molecule has 0 aromatic carbocycles. The van der Waals surface area contributed by atoms with Gasteiger partial charge in [-0.2, -0.15) is 0 Å². The maximum atomic E-state index is 9.85. The Morgan fingerprint density at radius 2 is 2.50 bits per heavy atom. The van der Waals surface area contributed by atoms with E-state index in [1.807, 2.05) is 19.3 Å². The van der Waals surface area contributed by atoms with Crippen LogP contribution in [0, 0.1) is 5.92 Å². The van der Waals surface area contributed by atoms with Gasteiger partial charge in [-0.1, -0.05) is 13.0 Å². The standard InChI is InChI=1S/C7H11O/c1-3-4-5-7(2)6-8/h3,7H,1,4-5H2,2H3. The zero-order valence-electron chi connectivity index (χ0n) is 5.18. The Morgan fingerprint density at radius 3 is 2.88 bits per heavy atom. The van der Waals surface area contributed by atoms with Gasteiger partial charge in [-0.05, 0) is 12.8 Å². The fourth-order valence-corrected chi connectivity index (χ4v) is 0.427. The molecule has 0 N–H and O–H groups in total. The molecule has 1 nitrogen and oxygen atoms in total. The van der Waals surface area contributed by atoms with E-state index in [1.165, 1.54) is 0 Å². The summed E-state index contributed by atoms with van der Waals surface area (Å²) in [5.74, 6) is 0.0769. The van der Waals surface area contributed by atoms with Crippen molar-refractivity contribution in [3.8, 4) is 0 Å². The highest BCUT2D eigenvalue weighted by molar-refractivity contribution is 5.53. The summed E-state index contributed by atoms with van der Waals surface area (Å²) in [6, 6.07) is 0. The van der Waals surface area contributed by atoms with E-state index in [2.05, 4.69) is 6.58 Å². The smallest absolute Gasteiger partial charge is 0.201 e. The van der Waals surface area contributed by atoms with Crippen LogP contribution in [0.15, 0.2) is 12.7 Å². The van der Waals surface area contributed by atoms with Gasteiger partial charge in [0.25, 0.3) is 0 Å². The van der Waals surface area contributed by atoms with Crippen LogP contribution in [0.4, 0.5) is 0 Å². The summed E-state index contributed by atoms with van der Waals surface area (Å²) in [6.45, 7) is 5.39. The molecule has 0 spiro atoms. The first-order valence-corrected chi connectivity index (χ1v) is 2.79. The Hall–Kier alpha value is -0.590. The summed E-state index contributed by atoms with van der Waals surface area (Å²) in [6.07, 6.45) is 5.51. The van der Waals surface area contributed by atoms with Crippen LogP contribution in [0.5, 0.6) is 0 Å². The molecular weight excluding hydrogens is 100 g/mol. The second-order valence-electron chi connectivity index (χ2n) is 1.88. The van der Waals surface area contributed by atoms with Crippen LogP contribution >= 0.6 is 0 Å². The van der Waals surface area contributed by atoms with Gasteiger partial charge in [-0.25, -0.2) is 0 Å². The van der Waals surface area contributed by atoms with Crippen LogP contribution in [-0.4, -0.2) is 6.29 Å². The Morgan fingerprint density at radius 1 is 1.88 bits per heavy atom. The maximum Gasteiger partial charge on any atom is 0.201 e. The second-order valence-corrected chi connectivity index (χ2v) is 1.88. The number of allylic oxidation sites excluding steroid dienone is 1. The summed E-state index contributed by atoms with van der Waals surface area (Å²) in [5, 5.41) is 0. The predicted octanol–water partition coefficient (Wildman–Crippen LogP) is 1.70. The lowest BCUT2D eigenvalue weighted by Crippen LogP contribution is -1.92. The molecule has 0 saturated carbocycles. The quantitative estimate of drug-likeness (QED) is 0.504. The average Bonchev–Trinajstić information content (AvgIpc) is 1.83. The zero-order valence-corrected chi connectivity index (χ0v) is 5.18. The van der Waals surface area contributed by atoms with Crippen molar-refractivity contribution < 1.29 is 4.79 Å². The Bertz CT molecular complexity index is 76.5. The predicted molar refractivity (Wildman–Crippen MR) is 34.3 cm³/mol. The molecule has 0 aromatic heterocycles. The van der Waals surface area contributed by atoms with E-state index in [-0.39, 0.29) is 5.92 Å². The van der Waals surface area contributed by atoms with Gasteiger partial charge in [0.05, 0.1) is 0 Å². The van der Waals surface area contributed by atoms with Crippen LogP contribution in [0.3, 0.4) is 0 Å². The highest BCUT2D eigenvalue weighted by Gasteiger charge is 1.95. The van der Waals surface area contributed by atoms with E-state index in [4.69, 9.17) is 0 Å². The van der Waals surface area contributed by atoms with Crippen molar-refractivity contribution in [3.63, 3.8) is 0 Å². The molecule has 0 aliphatic carbocycles. The van der Waals surface area contributed by atoms with E-state index in [9.17, 15) is 4.79 Å². The maximum absolute atomic E-state index is 9.85. The average molecular weight is 111 g/mol. The van der Waals surface area contributed by atoms with Crippen LogP contribution in [0.2, 0.25) is 0 Å². The first kappa shape index (κ1) is 7.41. The van der Waals surface area contributed by atoms with Gasteiger partial charge in [-0.15, -0.1) is 6.58 Å². The van der Waals surface area contributed by atoms with Crippen molar-refractivity contribution in [2.45, 2.75) is 19.8 Å². The summed E-state index contributed by atoms with van der Waals surface area (Å²) >= 11 is 0. The van der Waals surface area contributed by atoms with E-state index in [0.717, 1.165) is 12.8 Å². The van der Waals surface area contributed by atoms with Crippen molar-refractivity contribution in [2.75, 3.05) is 0 Å². The molecular formula is C7H11O. The molecule has 1 heteroatoms. The SMILES string of the molecule is C=CCCC(C)[C]=O. The van der Waals surface area contributed by atoms with Gasteiger partial charge in [-0.3, -0.25) is 4.79 Å². The minimum atomic E-state index is 0.0769. The summed E-state index contributed by atoms with van der Waals surface area (Å²) < 4.78 is 0. The fraction of sp³-hybridized carbons (Fsp3) is 0.571. The van der Waals surface area contributed by atoms with Crippen molar-refractivity contribution >= 4 is 6.29 Å². The topological polar surface area (TPSA) is 17.1 Å². The molecule has 0 aromatic rings. The van der Waals surface area contributed by atoms with Crippen molar-refractivity contribution in [3.05, 3.63) is 12.7 Å². The van der Waals surface area contributed by atoms with E-state index in [1.54, 1.807) is 0 Å². The molecule has 1 radical (unpaired) electrons. The molecule has 0 rings (SSSR count). The van der Waals surface area contributed by atoms with Crippen molar-refractivity contribution in [2.24, 2.45) is 5.92 Å². The van der Waals surface area contributed by atoms with Crippen LogP contribution < -0.4 is 0 Å². The molecule has 8 heavy (non-hydrogen) atoms. The molecule has 0 fully saturated rings. The van der Waals surface area contributed by atoms with E-state index >= 15 is 0 Å². The van der Waals surface area contributed by atoms with E-state index in [0.29, 0.717) is 0 Å². The molecule has 1 atom stereocenters. The number of hydrogen-bond acceptors (Lipinski definition) is 1. The third-order valence-corrected chi connectivity index (χ3v) is 1.00. The molecule has 1 unspecified atom stereocenters. The minimum absolute atomic E-state index is 0.0769. The Labute approximate surface area is 50.4 Å². The van der Waals surface area contributed by atoms with Crippen LogP contribution in [0.25, 0.3) is 0 Å². The van der Waals surface area contributed by atoms with Gasteiger partial charge < -0.3 is 0 Å². The summed E-state index contributed by atoms with van der Waals surface area (Å²) in [4.78, 5) is 9.85. The van der Waals surface area contributed by atoms with Gasteiger partial charge >= 0.3 is 0 Å². The molecule has 0 aliphatic heterocycles. The monoisotopic (exact) mass is 111 g/mol. The number of hydrogen-bond donors (Lipinski definition) is 0. The van der Waals surface area contributed by atoms with Gasteiger partial charge in [0.15, 0.2) is 0 Å². The lowest BCUT2D eigenvalue weighted by molar-refractivity contribution is 0.521. The molecule has 0 aliphatic rings. The number of carbonyl (C=O) groups excluding carboxylic acids is 1. The lowest BCUT2D eigenvalue weighted by Gasteiger charge is -1.94. The van der Waals surface area contributed by atoms with Gasteiger partial charge in [0, 0.05) is 5.92 Å². The first-order valence-electron chi connectivity index (χ1n) is 2.79. The minimum Gasteiger partial charge on any atom is -0.291 e. The third kappa shape index (κ3) is 3.59. The highest BCUT2D eigenvalue weighted by atomic mass is 16.1. The van der Waals surface area contributed by atoms with Gasteiger partial charge in [0.2, 0.25) is 6.29 Å². The zero-order chi connectivity index (χ0) is 6.41. The van der Waals surface area contributed by atoms with Crippen LogP contribution in [-0.2, 0) is 4.79 Å². The summed E-state index contributed by atoms with van der Waals surface area (Å²) in [5.41, 5.74) is 0. The largest absolute Gasteiger partial charge is 0.291 e. The molecule has 0 bridgehead atoms. The van der Waals surface area contributed by atoms with Crippen molar-refractivity contribution in [1.82, 2.24) is 0 Å². The van der Waals surface area contributed by atoms with Gasteiger partial charge in [0.1, 0.15) is 0 Å². The Kier molecular flexibility index (Phi) is 4.23. The molecule has 45 valence electrons. The van der Waals surface area contributed by atoms with Crippen LogP contribution in [0.1, 0.15) is 19.8 Å². The Balaban J connectivity index is 3.09.